The molecule has 1 amide bonds. The molecule has 1 aliphatic heterocycles. The van der Waals surface area contributed by atoms with Crippen molar-refractivity contribution in [3.63, 3.8) is 0 Å². The molecule has 3 N–H and O–H groups in total. The lowest BCUT2D eigenvalue weighted by molar-refractivity contribution is -0.128. The van der Waals surface area contributed by atoms with E-state index in [2.05, 4.69) is 31.1 Å². The van der Waals surface area contributed by atoms with Gasteiger partial charge in [0.25, 0.3) is 11.9 Å². The predicted molar refractivity (Wildman–Crippen MR) is 141 cm³/mol. The number of aromatic amines is 1. The van der Waals surface area contributed by atoms with Crippen molar-refractivity contribution in [3.8, 4) is 17.3 Å². The fraction of sp³-hybridized carbons (Fsp3) is 0.464. The molecule has 5 atom stereocenters. The van der Waals surface area contributed by atoms with Crippen molar-refractivity contribution in [1.29, 1.82) is 0 Å². The number of ether oxygens (including phenoxy) is 3. The Labute approximate surface area is 232 Å². The number of pyridine rings is 1. The zero-order valence-corrected chi connectivity index (χ0v) is 22.3. The number of hydrogen-bond donors (Lipinski definition) is 3. The van der Waals surface area contributed by atoms with E-state index in [1.807, 2.05) is 24.3 Å². The molecule has 9 nitrogen and oxygen atoms in total. The predicted octanol–water partition coefficient (Wildman–Crippen LogP) is 4.88. The van der Waals surface area contributed by atoms with Crippen LogP contribution in [0.5, 0.6) is 6.01 Å². The normalized spacial score (nSPS) is 31.8. The Bertz CT molecular complexity index is 1550. The summed E-state index contributed by atoms with van der Waals surface area (Å²) >= 11 is 6.56. The molecule has 0 radical (unpaired) electrons. The number of nitrogens with one attached hydrogen (secondary N) is 2. The summed E-state index contributed by atoms with van der Waals surface area (Å²) in [5.74, 6) is -3.17. The second kappa shape index (κ2) is 8.86. The highest BCUT2D eigenvalue weighted by Crippen LogP contribution is 2.72. The maximum atomic E-state index is 15.1. The number of allylic oxidation sites excluding steroid dienone is 1. The molecule has 3 aliphatic carbocycles. The maximum absolute atomic E-state index is 15.1. The van der Waals surface area contributed by atoms with Gasteiger partial charge in [0.15, 0.2) is 11.2 Å². The number of methoxy groups -OCH3 is 1. The highest BCUT2D eigenvalue weighted by molar-refractivity contribution is 6.33. The fourth-order valence-corrected chi connectivity index (χ4v) is 6.33. The number of halogens is 3. The van der Waals surface area contributed by atoms with Crippen LogP contribution in [0.2, 0.25) is 5.02 Å². The van der Waals surface area contributed by atoms with E-state index in [1.165, 1.54) is 12.7 Å². The molecule has 3 heterocycles. The number of benzene rings is 1. The van der Waals surface area contributed by atoms with Gasteiger partial charge in [-0.15, -0.1) is 0 Å². The number of H-pyrrole nitrogens is 1. The van der Waals surface area contributed by atoms with Gasteiger partial charge in [0.1, 0.15) is 11.5 Å². The Balaban J connectivity index is 1.06. The topological polar surface area (TPSA) is 119 Å². The molecule has 210 valence electrons. The monoisotopic (exact) mass is 572 g/mol. The summed E-state index contributed by atoms with van der Waals surface area (Å²) in [6.45, 7) is -0.159. The van der Waals surface area contributed by atoms with Crippen molar-refractivity contribution in [1.82, 2.24) is 20.3 Å². The summed E-state index contributed by atoms with van der Waals surface area (Å²) in [5.41, 5.74) is 1.30. The number of alkyl halides is 2. The quantitative estimate of drug-likeness (QED) is 0.399. The molecule has 2 saturated carbocycles. The van der Waals surface area contributed by atoms with Crippen LogP contribution in [0, 0.1) is 5.41 Å². The van der Waals surface area contributed by atoms with Gasteiger partial charge in [0.2, 0.25) is 0 Å². The van der Waals surface area contributed by atoms with Crippen LogP contribution in [0.4, 0.5) is 13.6 Å². The number of fused-ring (bicyclic) bond motifs is 1. The number of alkyl carbamates (subject to hydrolysis) is 1. The number of imidazole rings is 1. The van der Waals surface area contributed by atoms with Crippen molar-refractivity contribution in [2.24, 2.45) is 5.41 Å². The molecule has 4 unspecified atom stereocenters. The van der Waals surface area contributed by atoms with Crippen molar-refractivity contribution < 1.29 is 32.9 Å². The Hall–Kier alpha value is -3.28. The van der Waals surface area contributed by atoms with E-state index in [-0.39, 0.29) is 31.5 Å². The molecule has 1 aromatic carbocycles. The Kier molecular flexibility index (Phi) is 5.69. The van der Waals surface area contributed by atoms with Crippen molar-refractivity contribution in [3.05, 3.63) is 47.0 Å². The average Bonchev–Trinajstić information content (AvgIpc) is 3.76. The fourth-order valence-electron chi connectivity index (χ4n) is 6.07. The summed E-state index contributed by atoms with van der Waals surface area (Å²) in [7, 11) is 1.35. The SMILES string of the molecule is COC(=O)NC1CC=C(c2ccc(-c3nc4nc(OC5C[C@]56COC5(CC5O)C6(F)F)[nH]c4cc3Cl)cc2)CC1. The van der Waals surface area contributed by atoms with Gasteiger partial charge in [-0.1, -0.05) is 41.9 Å². The third-order valence-electron chi connectivity index (χ3n) is 8.73. The lowest BCUT2D eigenvalue weighted by Gasteiger charge is -2.22. The number of amides is 1. The van der Waals surface area contributed by atoms with Gasteiger partial charge in [0, 0.05) is 24.4 Å². The van der Waals surface area contributed by atoms with Crippen LogP contribution in [0.3, 0.4) is 0 Å². The lowest BCUT2D eigenvalue weighted by atomic mass is 9.90. The van der Waals surface area contributed by atoms with Gasteiger partial charge in [-0.25, -0.2) is 18.6 Å². The lowest BCUT2D eigenvalue weighted by Crippen LogP contribution is -2.42. The molecule has 40 heavy (non-hydrogen) atoms. The average molecular weight is 573 g/mol. The summed E-state index contributed by atoms with van der Waals surface area (Å²) in [6.07, 6.45) is 2.24. The minimum absolute atomic E-state index is 0.0577. The summed E-state index contributed by atoms with van der Waals surface area (Å²) in [4.78, 5) is 23.4. The Morgan fingerprint density at radius 2 is 1.98 bits per heavy atom. The molecule has 0 bridgehead atoms. The van der Waals surface area contributed by atoms with Crippen molar-refractivity contribution in [2.45, 2.75) is 61.9 Å². The van der Waals surface area contributed by atoms with E-state index in [0.717, 1.165) is 30.4 Å². The van der Waals surface area contributed by atoms with Gasteiger partial charge in [-0.3, -0.25) is 0 Å². The van der Waals surface area contributed by atoms with Crippen LogP contribution in [0.25, 0.3) is 28.0 Å². The number of aromatic nitrogens is 3. The van der Waals surface area contributed by atoms with E-state index in [4.69, 9.17) is 21.1 Å². The minimum Gasteiger partial charge on any atom is -0.460 e. The highest BCUT2D eigenvalue weighted by Gasteiger charge is 2.88. The number of nitrogens with zero attached hydrogens (tertiary/aromatic N) is 2. The van der Waals surface area contributed by atoms with Crippen LogP contribution >= 0.6 is 11.6 Å². The minimum atomic E-state index is -3.17. The summed E-state index contributed by atoms with van der Waals surface area (Å²) in [5, 5.41) is 13.0. The van der Waals surface area contributed by atoms with E-state index in [1.54, 1.807) is 6.07 Å². The summed E-state index contributed by atoms with van der Waals surface area (Å²) in [6, 6.07) is 9.74. The first kappa shape index (κ1) is 25.7. The van der Waals surface area contributed by atoms with Gasteiger partial charge in [-0.05, 0) is 36.5 Å². The molecule has 2 spiro atoms. The maximum Gasteiger partial charge on any atom is 0.407 e. The molecule has 12 heteroatoms. The third kappa shape index (κ3) is 3.82. The van der Waals surface area contributed by atoms with Crippen LogP contribution in [-0.4, -0.2) is 69.6 Å². The van der Waals surface area contributed by atoms with E-state index in [9.17, 15) is 9.90 Å². The van der Waals surface area contributed by atoms with E-state index in [0.29, 0.717) is 21.9 Å². The van der Waals surface area contributed by atoms with Crippen LogP contribution in [-0.2, 0) is 9.47 Å². The van der Waals surface area contributed by atoms with Crippen molar-refractivity contribution >= 4 is 34.4 Å². The van der Waals surface area contributed by atoms with Gasteiger partial charge >= 0.3 is 6.09 Å². The third-order valence-corrected chi connectivity index (χ3v) is 9.02. The number of aliphatic hydroxyl groups excluding tert-OH is 1. The number of carbonyl (C=O) groups is 1. The molecule has 3 aromatic rings. The first-order valence-corrected chi connectivity index (χ1v) is 13.6. The first-order chi connectivity index (χ1) is 19.2. The number of carbonyl (C=O) groups excluding carboxylic acids is 1. The number of aliphatic hydroxyl groups is 1. The van der Waals surface area contributed by atoms with Gasteiger partial charge in [-0.2, -0.15) is 4.98 Å². The molecule has 4 aliphatic rings. The second-order valence-electron chi connectivity index (χ2n) is 11.1. The molecular formula is C28H27ClF2N4O5. The van der Waals surface area contributed by atoms with Crippen LogP contribution < -0.4 is 10.1 Å². The van der Waals surface area contributed by atoms with Gasteiger partial charge in [0.05, 0.1) is 36.1 Å². The smallest absolute Gasteiger partial charge is 0.407 e. The number of hydrogen-bond acceptors (Lipinski definition) is 7. The number of rotatable bonds is 5. The largest absolute Gasteiger partial charge is 0.460 e. The molecule has 7 rings (SSSR count). The Morgan fingerprint density at radius 3 is 2.62 bits per heavy atom. The second-order valence-corrected chi connectivity index (χ2v) is 11.5. The first-order valence-electron chi connectivity index (χ1n) is 13.2. The molecule has 3 fully saturated rings. The Morgan fingerprint density at radius 1 is 1.23 bits per heavy atom. The standard InChI is InChI=1S/C28H27ClF2N4O5/c1-38-25(37)32-17-8-6-15(7-9-17)14-2-4-16(5-3-14)22-18(29)10-19-23(34-22)35-24(33-19)40-21-12-26(21)13-39-27(11-20(27)36)28(26,30)31/h2-6,10,17,20-21,36H,7-9,11-13H2,1H3,(H,32,37)(H,33,34,35)/t17?,20?,21?,26-,27?/m0/s1. The molecule has 2 aromatic heterocycles. The summed E-state index contributed by atoms with van der Waals surface area (Å²) < 4.78 is 46.1. The van der Waals surface area contributed by atoms with Crippen molar-refractivity contribution in [2.75, 3.05) is 13.7 Å². The van der Waals surface area contributed by atoms with Crippen LogP contribution in [0.1, 0.15) is 37.7 Å². The molecule has 1 saturated heterocycles. The highest BCUT2D eigenvalue weighted by atomic mass is 35.5. The van der Waals surface area contributed by atoms with E-state index < -0.39 is 35.2 Å². The zero-order valence-electron chi connectivity index (χ0n) is 21.5. The van der Waals surface area contributed by atoms with E-state index >= 15 is 8.78 Å². The zero-order chi connectivity index (χ0) is 27.9. The van der Waals surface area contributed by atoms with Crippen LogP contribution in [0.15, 0.2) is 36.4 Å². The van der Waals surface area contributed by atoms with Gasteiger partial charge < -0.3 is 29.6 Å². The molecular weight excluding hydrogens is 546 g/mol.